The summed E-state index contributed by atoms with van der Waals surface area (Å²) in [6, 6.07) is 12.9. The molecule has 0 aliphatic rings. The molecular weight excluding hydrogens is 372 g/mol. The van der Waals surface area contributed by atoms with Crippen LogP contribution in [0.2, 0.25) is 0 Å². The third-order valence-electron chi connectivity index (χ3n) is 3.56. The molecule has 0 amide bonds. The van der Waals surface area contributed by atoms with Gasteiger partial charge in [0.25, 0.3) is 0 Å². The normalized spacial score (nSPS) is 12.5. The van der Waals surface area contributed by atoms with Crippen LogP contribution in [0, 0.1) is 11.6 Å². The third-order valence-corrected chi connectivity index (χ3v) is 4.88. The first-order chi connectivity index (χ1) is 13.1. The molecule has 0 aliphatic heterocycles. The van der Waals surface area contributed by atoms with E-state index in [4.69, 9.17) is 4.74 Å². The second-order valence-electron chi connectivity index (χ2n) is 5.62. The fourth-order valence-corrected chi connectivity index (χ4v) is 3.30. The van der Waals surface area contributed by atoms with Gasteiger partial charge in [-0.05, 0) is 17.7 Å². The van der Waals surface area contributed by atoms with E-state index in [-0.39, 0.29) is 12.4 Å². The summed E-state index contributed by atoms with van der Waals surface area (Å²) in [7, 11) is 0.653. The van der Waals surface area contributed by atoms with Crippen LogP contribution in [-0.4, -0.2) is 42.7 Å². The van der Waals surface area contributed by atoms with Crippen molar-refractivity contribution in [1.29, 1.82) is 0 Å². The fourth-order valence-electron chi connectivity index (χ4n) is 2.26. The van der Waals surface area contributed by atoms with E-state index in [9.17, 15) is 13.0 Å². The SMILES string of the molecule is CN=C(NCCOc1ccc(F)cc1F)NCCS(=O)Cc1ccccc1. The van der Waals surface area contributed by atoms with Gasteiger partial charge in [0.2, 0.25) is 0 Å². The number of rotatable bonds is 9. The Bertz CT molecular complexity index is 773. The molecule has 0 radical (unpaired) electrons. The molecular formula is C19H23F2N3O2S. The number of nitrogens with one attached hydrogen (secondary N) is 2. The number of hydrogen-bond acceptors (Lipinski definition) is 3. The zero-order valence-corrected chi connectivity index (χ0v) is 15.9. The average Bonchev–Trinajstić information content (AvgIpc) is 2.66. The quantitative estimate of drug-likeness (QED) is 0.389. The van der Waals surface area contributed by atoms with Gasteiger partial charge >= 0.3 is 0 Å². The standard InChI is InChI=1S/C19H23F2N3O2S/c1-22-19(23-9-11-26-18-8-7-16(20)13-17(18)21)24-10-12-27(25)14-15-5-3-2-4-6-15/h2-8,13H,9-12,14H2,1H3,(H2,22,23,24). The van der Waals surface area contributed by atoms with E-state index in [0.717, 1.165) is 17.7 Å². The predicted octanol–water partition coefficient (Wildman–Crippen LogP) is 2.46. The van der Waals surface area contributed by atoms with E-state index < -0.39 is 22.4 Å². The van der Waals surface area contributed by atoms with Crippen LogP contribution in [0.1, 0.15) is 5.56 Å². The van der Waals surface area contributed by atoms with Gasteiger partial charge in [-0.15, -0.1) is 0 Å². The van der Waals surface area contributed by atoms with Crippen molar-refractivity contribution < 1.29 is 17.7 Å². The number of guanidine groups is 1. The van der Waals surface area contributed by atoms with E-state index in [1.165, 1.54) is 6.07 Å². The molecule has 0 spiro atoms. The van der Waals surface area contributed by atoms with Gasteiger partial charge in [-0.1, -0.05) is 30.3 Å². The predicted molar refractivity (Wildman–Crippen MR) is 104 cm³/mol. The third kappa shape index (κ3) is 7.74. The maximum absolute atomic E-state index is 13.5. The topological polar surface area (TPSA) is 62.7 Å². The van der Waals surface area contributed by atoms with Gasteiger partial charge in [-0.2, -0.15) is 0 Å². The first-order valence-electron chi connectivity index (χ1n) is 8.49. The molecule has 0 saturated heterocycles. The van der Waals surface area contributed by atoms with Crippen molar-refractivity contribution in [2.75, 3.05) is 32.5 Å². The number of ether oxygens (including phenoxy) is 1. The van der Waals surface area contributed by atoms with Crippen LogP contribution in [0.3, 0.4) is 0 Å². The van der Waals surface area contributed by atoms with Gasteiger partial charge in [0.1, 0.15) is 12.4 Å². The number of aliphatic imine (C=N–C) groups is 1. The van der Waals surface area contributed by atoms with Crippen molar-refractivity contribution in [3.8, 4) is 5.75 Å². The highest BCUT2D eigenvalue weighted by Crippen LogP contribution is 2.17. The van der Waals surface area contributed by atoms with Gasteiger partial charge in [-0.3, -0.25) is 9.20 Å². The van der Waals surface area contributed by atoms with Crippen LogP contribution in [-0.2, 0) is 16.6 Å². The minimum absolute atomic E-state index is 0.00236. The van der Waals surface area contributed by atoms with E-state index in [1.807, 2.05) is 30.3 Å². The van der Waals surface area contributed by atoms with Crippen molar-refractivity contribution in [2.24, 2.45) is 4.99 Å². The molecule has 2 aromatic carbocycles. The Labute approximate surface area is 160 Å². The van der Waals surface area contributed by atoms with Crippen molar-refractivity contribution in [3.63, 3.8) is 0 Å². The first kappa shape index (κ1) is 20.8. The van der Waals surface area contributed by atoms with Crippen molar-refractivity contribution >= 4 is 16.8 Å². The molecule has 2 aromatic rings. The summed E-state index contributed by atoms with van der Waals surface area (Å²) in [6.45, 7) is 1.07. The summed E-state index contributed by atoms with van der Waals surface area (Å²) in [4.78, 5) is 4.06. The zero-order chi connectivity index (χ0) is 19.5. The molecule has 1 atom stereocenters. The molecule has 2 N–H and O–H groups in total. The number of halogens is 2. The highest BCUT2D eigenvalue weighted by Gasteiger charge is 2.05. The largest absolute Gasteiger partial charge is 0.489 e. The lowest BCUT2D eigenvalue weighted by Crippen LogP contribution is -2.40. The van der Waals surface area contributed by atoms with Crippen LogP contribution in [0.4, 0.5) is 8.78 Å². The van der Waals surface area contributed by atoms with Crippen molar-refractivity contribution in [2.45, 2.75) is 5.75 Å². The van der Waals surface area contributed by atoms with Crippen LogP contribution in [0.15, 0.2) is 53.5 Å². The van der Waals surface area contributed by atoms with Crippen LogP contribution >= 0.6 is 0 Å². The highest BCUT2D eigenvalue weighted by atomic mass is 32.2. The molecule has 0 saturated carbocycles. The lowest BCUT2D eigenvalue weighted by molar-refractivity contribution is 0.304. The lowest BCUT2D eigenvalue weighted by Gasteiger charge is -2.12. The number of benzene rings is 2. The number of hydrogen-bond donors (Lipinski definition) is 2. The summed E-state index contributed by atoms with van der Waals surface area (Å²) in [5.74, 6) is 0.163. The van der Waals surface area contributed by atoms with Gasteiger partial charge in [-0.25, -0.2) is 8.78 Å². The Balaban J connectivity index is 1.63. The molecule has 0 aliphatic carbocycles. The average molecular weight is 395 g/mol. The summed E-state index contributed by atoms with van der Waals surface area (Å²) >= 11 is 0. The molecule has 5 nitrogen and oxygen atoms in total. The van der Waals surface area contributed by atoms with Gasteiger partial charge < -0.3 is 15.4 Å². The lowest BCUT2D eigenvalue weighted by atomic mass is 10.2. The second-order valence-corrected chi connectivity index (χ2v) is 7.20. The Hall–Kier alpha value is -2.48. The Morgan fingerprint density at radius 3 is 2.56 bits per heavy atom. The van der Waals surface area contributed by atoms with Crippen molar-refractivity contribution in [3.05, 3.63) is 65.7 Å². The minimum atomic E-state index is -0.969. The van der Waals surface area contributed by atoms with Crippen LogP contribution < -0.4 is 15.4 Å². The Morgan fingerprint density at radius 1 is 1.11 bits per heavy atom. The van der Waals surface area contributed by atoms with E-state index >= 15 is 0 Å². The smallest absolute Gasteiger partial charge is 0.191 e. The summed E-state index contributed by atoms with van der Waals surface area (Å²) < 4.78 is 43.6. The van der Waals surface area contributed by atoms with Gasteiger partial charge in [0.15, 0.2) is 17.5 Å². The summed E-state index contributed by atoms with van der Waals surface area (Å²) in [5.41, 5.74) is 1.04. The van der Waals surface area contributed by atoms with Gasteiger partial charge in [0.05, 0.1) is 6.54 Å². The molecule has 0 bridgehead atoms. The summed E-state index contributed by atoms with van der Waals surface area (Å²) in [5, 5.41) is 6.08. The molecule has 2 rings (SSSR count). The highest BCUT2D eigenvalue weighted by molar-refractivity contribution is 7.84. The minimum Gasteiger partial charge on any atom is -0.489 e. The molecule has 8 heteroatoms. The molecule has 0 heterocycles. The zero-order valence-electron chi connectivity index (χ0n) is 15.1. The van der Waals surface area contributed by atoms with Gasteiger partial charge in [0, 0.05) is 42.0 Å². The van der Waals surface area contributed by atoms with Crippen LogP contribution in [0.5, 0.6) is 5.75 Å². The Morgan fingerprint density at radius 2 is 1.85 bits per heavy atom. The van der Waals surface area contributed by atoms with E-state index in [0.29, 0.717) is 30.6 Å². The first-order valence-corrected chi connectivity index (χ1v) is 9.98. The van der Waals surface area contributed by atoms with Crippen molar-refractivity contribution in [1.82, 2.24) is 10.6 Å². The summed E-state index contributed by atoms with van der Waals surface area (Å²) in [6.07, 6.45) is 0. The fraction of sp³-hybridized carbons (Fsp3) is 0.316. The maximum Gasteiger partial charge on any atom is 0.191 e. The molecule has 27 heavy (non-hydrogen) atoms. The van der Waals surface area contributed by atoms with E-state index in [1.54, 1.807) is 7.05 Å². The monoisotopic (exact) mass is 395 g/mol. The van der Waals surface area contributed by atoms with Crippen LogP contribution in [0.25, 0.3) is 0 Å². The second kappa shape index (κ2) is 11.3. The maximum atomic E-state index is 13.5. The molecule has 1 unspecified atom stereocenters. The van der Waals surface area contributed by atoms with E-state index in [2.05, 4.69) is 15.6 Å². The number of nitrogens with zero attached hydrogens (tertiary/aromatic N) is 1. The molecule has 146 valence electrons. The molecule has 0 aromatic heterocycles. The Kier molecular flexibility index (Phi) is 8.70. The molecule has 0 fully saturated rings.